The van der Waals surface area contributed by atoms with Gasteiger partial charge in [-0.25, -0.2) is 0 Å². The van der Waals surface area contributed by atoms with Crippen LogP contribution in [0.15, 0.2) is 55.5 Å². The summed E-state index contributed by atoms with van der Waals surface area (Å²) >= 11 is 0. The highest BCUT2D eigenvalue weighted by Gasteiger charge is 2.20. The van der Waals surface area contributed by atoms with E-state index in [1.165, 1.54) is 24.0 Å². The monoisotopic (exact) mass is 472 g/mol. The number of likely N-dealkylation sites (tertiary alicyclic amines) is 1. The first-order chi connectivity index (χ1) is 16.4. The van der Waals surface area contributed by atoms with E-state index in [4.69, 9.17) is 4.98 Å². The Morgan fingerprint density at radius 2 is 1.94 bits per heavy atom. The van der Waals surface area contributed by atoms with Crippen LogP contribution in [0.1, 0.15) is 62.6 Å². The van der Waals surface area contributed by atoms with Crippen molar-refractivity contribution in [3.8, 4) is 11.3 Å². The smallest absolute Gasteiger partial charge is 0.0729 e. The van der Waals surface area contributed by atoms with Crippen LogP contribution >= 0.6 is 9.24 Å². The van der Waals surface area contributed by atoms with Crippen LogP contribution in [0.5, 0.6) is 0 Å². The summed E-state index contributed by atoms with van der Waals surface area (Å²) < 4.78 is 0. The number of hydrogen-bond donors (Lipinski definition) is 1. The topological polar surface area (TPSA) is 41.1 Å². The highest BCUT2D eigenvalue weighted by atomic mass is 31.0. The van der Waals surface area contributed by atoms with Crippen LogP contribution in [0.2, 0.25) is 0 Å². The molecule has 1 aliphatic heterocycles. The van der Waals surface area contributed by atoms with Crippen molar-refractivity contribution in [3.63, 3.8) is 0 Å². The summed E-state index contributed by atoms with van der Waals surface area (Å²) in [5.74, 6) is 1.18. The van der Waals surface area contributed by atoms with Crippen LogP contribution in [0.25, 0.3) is 17.0 Å². The lowest BCUT2D eigenvalue weighted by Crippen LogP contribution is -2.31. The lowest BCUT2D eigenvalue weighted by Gasteiger charge is -2.34. The molecular weight excluding hydrogens is 435 g/mol. The highest BCUT2D eigenvalue weighted by Crippen LogP contribution is 2.35. The van der Waals surface area contributed by atoms with Crippen molar-refractivity contribution in [2.45, 2.75) is 52.9 Å². The molecule has 0 radical (unpaired) electrons. The van der Waals surface area contributed by atoms with Crippen LogP contribution in [-0.2, 0) is 0 Å². The largest absolute Gasteiger partial charge is 0.371 e. The van der Waals surface area contributed by atoms with Gasteiger partial charge >= 0.3 is 0 Å². The molecule has 1 fully saturated rings. The van der Waals surface area contributed by atoms with Gasteiger partial charge in [0.2, 0.25) is 0 Å². The maximum atomic E-state index is 4.87. The average Bonchev–Trinajstić information content (AvgIpc) is 2.85. The zero-order chi connectivity index (χ0) is 24.2. The number of aryl methyl sites for hydroxylation is 1. The number of nitrogens with one attached hydrogen (secondary N) is 1. The number of benzene rings is 1. The lowest BCUT2D eigenvalue weighted by molar-refractivity contribution is 0.268. The molecule has 1 aliphatic rings. The average molecular weight is 473 g/mol. The maximum absolute atomic E-state index is 4.87. The van der Waals surface area contributed by atoms with Crippen molar-refractivity contribution < 1.29 is 0 Å². The van der Waals surface area contributed by atoms with Crippen molar-refractivity contribution in [1.29, 1.82) is 0 Å². The van der Waals surface area contributed by atoms with Crippen molar-refractivity contribution in [2.75, 3.05) is 18.4 Å². The SMILES string of the molecule is C=C(c1cnccc1Nc1cc(-c2cc(C)ccc2P)ncc1C(C)CC)N1CCC(C)CC1. The second-order valence-corrected chi connectivity index (χ2v) is 10.3. The number of anilines is 2. The Morgan fingerprint density at radius 3 is 2.68 bits per heavy atom. The van der Waals surface area contributed by atoms with E-state index in [2.05, 4.69) is 89.0 Å². The number of nitrogens with zero attached hydrogens (tertiary/aromatic N) is 3. The molecule has 0 bridgehead atoms. The Labute approximate surface area is 207 Å². The van der Waals surface area contributed by atoms with Gasteiger partial charge in [0, 0.05) is 54.2 Å². The molecule has 2 aromatic heterocycles. The Bertz CT molecular complexity index is 1160. The molecule has 0 spiro atoms. The molecule has 3 aromatic rings. The van der Waals surface area contributed by atoms with Crippen molar-refractivity contribution in [3.05, 3.63) is 72.2 Å². The van der Waals surface area contributed by atoms with E-state index in [0.717, 1.165) is 64.6 Å². The van der Waals surface area contributed by atoms with Gasteiger partial charge in [-0.15, -0.1) is 9.24 Å². The summed E-state index contributed by atoms with van der Waals surface area (Å²) in [4.78, 5) is 11.7. The molecule has 5 heteroatoms. The fourth-order valence-electron chi connectivity index (χ4n) is 4.55. The molecule has 1 aromatic carbocycles. The Kier molecular flexibility index (Phi) is 7.68. The minimum atomic E-state index is 0.397. The Hall–Kier alpha value is -2.71. The molecule has 2 atom stereocenters. The van der Waals surface area contributed by atoms with Crippen LogP contribution in [0, 0.1) is 12.8 Å². The van der Waals surface area contributed by atoms with Crippen LogP contribution in [-0.4, -0.2) is 28.0 Å². The predicted molar refractivity (Wildman–Crippen MR) is 149 cm³/mol. The molecule has 4 rings (SSSR count). The van der Waals surface area contributed by atoms with Gasteiger partial charge < -0.3 is 10.2 Å². The summed E-state index contributed by atoms with van der Waals surface area (Å²) in [5.41, 5.74) is 8.82. The van der Waals surface area contributed by atoms with E-state index >= 15 is 0 Å². The third-order valence-corrected chi connectivity index (χ3v) is 7.63. The maximum Gasteiger partial charge on any atom is 0.0729 e. The zero-order valence-electron chi connectivity index (χ0n) is 20.9. The number of hydrogen-bond acceptors (Lipinski definition) is 4. The third-order valence-electron chi connectivity index (χ3n) is 7.13. The molecule has 0 amide bonds. The first-order valence-corrected chi connectivity index (χ1v) is 13.0. The zero-order valence-corrected chi connectivity index (χ0v) is 22.1. The van der Waals surface area contributed by atoms with E-state index < -0.39 is 0 Å². The van der Waals surface area contributed by atoms with Crippen LogP contribution in [0.3, 0.4) is 0 Å². The van der Waals surface area contributed by atoms with E-state index in [-0.39, 0.29) is 0 Å². The molecule has 3 heterocycles. The van der Waals surface area contributed by atoms with Crippen LogP contribution < -0.4 is 10.6 Å². The van der Waals surface area contributed by atoms with Gasteiger partial charge in [0.05, 0.1) is 11.4 Å². The normalized spacial score (nSPS) is 15.3. The van der Waals surface area contributed by atoms with Gasteiger partial charge in [0.25, 0.3) is 0 Å². The van der Waals surface area contributed by atoms with Gasteiger partial charge in [0.15, 0.2) is 0 Å². The Balaban J connectivity index is 1.72. The molecule has 1 N–H and O–H groups in total. The minimum absolute atomic E-state index is 0.397. The third kappa shape index (κ3) is 5.33. The predicted octanol–water partition coefficient (Wildman–Crippen LogP) is 6.91. The van der Waals surface area contributed by atoms with Gasteiger partial charge in [-0.1, -0.05) is 45.0 Å². The molecule has 4 nitrogen and oxygen atoms in total. The minimum Gasteiger partial charge on any atom is -0.371 e. The summed E-state index contributed by atoms with van der Waals surface area (Å²) in [6, 6.07) is 10.7. The van der Waals surface area contributed by atoms with Gasteiger partial charge in [-0.2, -0.15) is 0 Å². The molecule has 178 valence electrons. The van der Waals surface area contributed by atoms with E-state index in [1.807, 2.05) is 18.6 Å². The van der Waals surface area contributed by atoms with Gasteiger partial charge in [-0.05, 0) is 67.1 Å². The summed E-state index contributed by atoms with van der Waals surface area (Å²) in [6.45, 7) is 15.5. The van der Waals surface area contributed by atoms with Crippen molar-refractivity contribution >= 4 is 31.6 Å². The Morgan fingerprint density at radius 1 is 1.18 bits per heavy atom. The van der Waals surface area contributed by atoms with Gasteiger partial charge in [-0.3, -0.25) is 9.97 Å². The number of piperidine rings is 1. The quantitative estimate of drug-likeness (QED) is 0.379. The number of aromatic nitrogens is 2. The molecule has 0 saturated carbocycles. The molecule has 1 saturated heterocycles. The van der Waals surface area contributed by atoms with Crippen molar-refractivity contribution in [1.82, 2.24) is 14.9 Å². The van der Waals surface area contributed by atoms with Crippen LogP contribution in [0.4, 0.5) is 11.4 Å². The number of rotatable bonds is 7. The standard InChI is InChI=1S/C29H37N4P/c1-6-21(4)24-18-31-27(23-15-20(3)7-8-29(23)34)16-28(24)32-26-9-12-30-17-25(26)22(5)33-13-10-19(2)11-14-33/h7-9,12,15-19,21H,5-6,10-11,13-14,34H2,1-4H3,(H,30,31,32). The molecular formula is C29H37N4P. The first kappa shape index (κ1) is 24.4. The second kappa shape index (κ2) is 10.7. The lowest BCUT2D eigenvalue weighted by atomic mass is 9.96. The fraction of sp³-hybridized carbons (Fsp3) is 0.379. The van der Waals surface area contributed by atoms with Crippen molar-refractivity contribution in [2.24, 2.45) is 5.92 Å². The summed E-state index contributed by atoms with van der Waals surface area (Å²) in [6.07, 6.45) is 9.30. The number of pyridine rings is 2. The van der Waals surface area contributed by atoms with E-state index in [0.29, 0.717) is 5.92 Å². The first-order valence-electron chi connectivity index (χ1n) is 12.4. The van der Waals surface area contributed by atoms with Gasteiger partial charge in [0.1, 0.15) is 0 Å². The van der Waals surface area contributed by atoms with E-state index in [9.17, 15) is 0 Å². The second-order valence-electron chi connectivity index (χ2n) is 9.72. The highest BCUT2D eigenvalue weighted by molar-refractivity contribution is 7.28. The summed E-state index contributed by atoms with van der Waals surface area (Å²) in [5, 5.41) is 4.91. The fourth-order valence-corrected chi connectivity index (χ4v) is 4.88. The molecule has 2 unspecified atom stereocenters. The summed E-state index contributed by atoms with van der Waals surface area (Å²) in [7, 11) is 2.84. The molecule has 34 heavy (non-hydrogen) atoms. The van der Waals surface area contributed by atoms with E-state index in [1.54, 1.807) is 0 Å². The molecule has 0 aliphatic carbocycles.